The van der Waals surface area contributed by atoms with Gasteiger partial charge < -0.3 is 16.4 Å². The van der Waals surface area contributed by atoms with Gasteiger partial charge in [-0.3, -0.25) is 4.79 Å². The lowest BCUT2D eigenvalue weighted by atomic mass is 10.2. The topological polar surface area (TPSA) is 80.0 Å². The molecule has 0 aliphatic carbocycles. The van der Waals surface area contributed by atoms with Gasteiger partial charge in [0.25, 0.3) is 0 Å². The Kier molecular flexibility index (Phi) is 5.03. The molecule has 6 heteroatoms. The lowest BCUT2D eigenvalue weighted by Crippen LogP contribution is -2.41. The molecule has 4 N–H and O–H groups in total. The molecule has 1 atom stereocenters. The maximum absolute atomic E-state index is 11.7. The third kappa shape index (κ3) is 4.29. The molecule has 0 saturated carbocycles. The Labute approximate surface area is 112 Å². The number of rotatable bonds is 5. The van der Waals surface area contributed by atoms with Crippen LogP contribution in [0.1, 0.15) is 26.3 Å². The van der Waals surface area contributed by atoms with E-state index in [9.17, 15) is 4.79 Å². The van der Waals surface area contributed by atoms with Crippen LogP contribution in [0.15, 0.2) is 18.3 Å². The quantitative estimate of drug-likeness (QED) is 0.694. The molecule has 0 aliphatic heterocycles. The van der Waals surface area contributed by atoms with Crippen molar-refractivity contribution in [1.82, 2.24) is 10.3 Å². The predicted octanol–water partition coefficient (Wildman–Crippen LogP) is 1.04. The molecule has 18 heavy (non-hydrogen) atoms. The summed E-state index contributed by atoms with van der Waals surface area (Å²) < 4.78 is 0. The minimum Gasteiger partial charge on any atom is -0.389 e. The molecule has 0 fully saturated rings. The van der Waals surface area contributed by atoms with Gasteiger partial charge in [0.2, 0.25) is 5.91 Å². The van der Waals surface area contributed by atoms with Crippen molar-refractivity contribution in [1.29, 1.82) is 0 Å². The van der Waals surface area contributed by atoms with Gasteiger partial charge in [-0.25, -0.2) is 4.98 Å². The van der Waals surface area contributed by atoms with Crippen molar-refractivity contribution in [2.75, 3.05) is 5.32 Å². The van der Waals surface area contributed by atoms with Crippen LogP contribution < -0.4 is 16.4 Å². The number of nitrogens with one attached hydrogen (secondary N) is 2. The van der Waals surface area contributed by atoms with Crippen LogP contribution in [0, 0.1) is 0 Å². The van der Waals surface area contributed by atoms with E-state index in [1.54, 1.807) is 25.3 Å². The van der Waals surface area contributed by atoms with E-state index < -0.39 is 0 Å². The molecule has 0 spiro atoms. The highest BCUT2D eigenvalue weighted by atomic mass is 32.1. The van der Waals surface area contributed by atoms with Gasteiger partial charge in [-0.15, -0.1) is 0 Å². The highest BCUT2D eigenvalue weighted by Gasteiger charge is 2.13. The van der Waals surface area contributed by atoms with Crippen molar-refractivity contribution in [3.05, 3.63) is 23.9 Å². The average Bonchev–Trinajstić information content (AvgIpc) is 2.28. The van der Waals surface area contributed by atoms with Crippen LogP contribution >= 0.6 is 12.2 Å². The van der Waals surface area contributed by atoms with E-state index in [2.05, 4.69) is 15.6 Å². The van der Waals surface area contributed by atoms with Gasteiger partial charge >= 0.3 is 0 Å². The van der Waals surface area contributed by atoms with Gasteiger partial charge in [0.05, 0.1) is 0 Å². The van der Waals surface area contributed by atoms with E-state index in [0.717, 1.165) is 0 Å². The summed E-state index contributed by atoms with van der Waals surface area (Å²) in [5.74, 6) is 0.548. The lowest BCUT2D eigenvalue weighted by Gasteiger charge is -2.16. The lowest BCUT2D eigenvalue weighted by molar-refractivity contribution is -0.122. The fourth-order valence-electron chi connectivity index (χ4n) is 1.32. The minimum atomic E-state index is -0.351. The second-order valence-electron chi connectivity index (χ2n) is 4.33. The maximum atomic E-state index is 11.7. The van der Waals surface area contributed by atoms with Crippen LogP contribution in [0.4, 0.5) is 5.82 Å². The van der Waals surface area contributed by atoms with Gasteiger partial charge in [0.1, 0.15) is 16.8 Å². The van der Waals surface area contributed by atoms with E-state index in [0.29, 0.717) is 16.4 Å². The van der Waals surface area contributed by atoms with E-state index in [-0.39, 0.29) is 18.0 Å². The van der Waals surface area contributed by atoms with Gasteiger partial charge in [0.15, 0.2) is 0 Å². The highest BCUT2D eigenvalue weighted by molar-refractivity contribution is 7.80. The molecule has 1 unspecified atom stereocenters. The fourth-order valence-corrected chi connectivity index (χ4v) is 1.44. The summed E-state index contributed by atoms with van der Waals surface area (Å²) in [4.78, 5) is 16.1. The summed E-state index contributed by atoms with van der Waals surface area (Å²) in [5.41, 5.74) is 6.18. The molecule has 1 aromatic heterocycles. The van der Waals surface area contributed by atoms with E-state index in [1.807, 2.05) is 13.8 Å². The summed E-state index contributed by atoms with van der Waals surface area (Å²) in [6.07, 6.45) is 1.58. The van der Waals surface area contributed by atoms with E-state index in [1.165, 1.54) is 0 Å². The standard InChI is InChI=1S/C12H18N4OS/c1-7(2)15-12(17)8(3)16-10-5-4-9(6-14-10)11(13)18/h4-8H,1-3H3,(H2,13,18)(H,14,16)(H,15,17). The van der Waals surface area contributed by atoms with Crippen molar-refractivity contribution in [3.8, 4) is 0 Å². The second kappa shape index (κ2) is 6.30. The third-order valence-corrected chi connectivity index (χ3v) is 2.47. The molecule has 0 saturated heterocycles. The zero-order valence-electron chi connectivity index (χ0n) is 10.7. The Morgan fingerprint density at radius 1 is 1.39 bits per heavy atom. The average molecular weight is 266 g/mol. The largest absolute Gasteiger partial charge is 0.389 e. The van der Waals surface area contributed by atoms with Crippen molar-refractivity contribution >= 4 is 28.9 Å². The number of carbonyl (C=O) groups is 1. The zero-order valence-corrected chi connectivity index (χ0v) is 11.5. The Bertz CT molecular complexity index is 430. The van der Waals surface area contributed by atoms with Crippen LogP contribution in [0.25, 0.3) is 0 Å². The fraction of sp³-hybridized carbons (Fsp3) is 0.417. The Morgan fingerprint density at radius 2 is 2.06 bits per heavy atom. The first-order valence-corrected chi connectivity index (χ1v) is 6.13. The van der Waals surface area contributed by atoms with Crippen molar-refractivity contribution in [2.45, 2.75) is 32.9 Å². The number of aromatic nitrogens is 1. The summed E-state index contributed by atoms with van der Waals surface area (Å²) in [6, 6.07) is 3.28. The Morgan fingerprint density at radius 3 is 2.50 bits per heavy atom. The maximum Gasteiger partial charge on any atom is 0.242 e. The number of nitrogens with zero attached hydrogens (tertiary/aromatic N) is 1. The smallest absolute Gasteiger partial charge is 0.242 e. The number of anilines is 1. The summed E-state index contributed by atoms with van der Waals surface area (Å²) in [6.45, 7) is 5.61. The van der Waals surface area contributed by atoms with Crippen molar-refractivity contribution in [2.24, 2.45) is 5.73 Å². The van der Waals surface area contributed by atoms with Gasteiger partial charge in [-0.2, -0.15) is 0 Å². The predicted molar refractivity (Wildman–Crippen MR) is 76.5 cm³/mol. The first kappa shape index (κ1) is 14.4. The molecule has 1 aromatic rings. The Hall–Kier alpha value is -1.69. The van der Waals surface area contributed by atoms with Crippen LogP contribution in [0.5, 0.6) is 0 Å². The zero-order chi connectivity index (χ0) is 13.7. The first-order chi connectivity index (χ1) is 8.40. The molecule has 1 heterocycles. The molecule has 0 bridgehead atoms. The number of pyridine rings is 1. The first-order valence-electron chi connectivity index (χ1n) is 5.73. The van der Waals surface area contributed by atoms with Crippen LogP contribution in [0.3, 0.4) is 0 Å². The van der Waals surface area contributed by atoms with Gasteiger partial charge in [-0.1, -0.05) is 12.2 Å². The molecule has 1 amide bonds. The minimum absolute atomic E-state index is 0.0646. The van der Waals surface area contributed by atoms with Crippen molar-refractivity contribution in [3.63, 3.8) is 0 Å². The van der Waals surface area contributed by atoms with E-state index >= 15 is 0 Å². The molecular weight excluding hydrogens is 248 g/mol. The van der Waals surface area contributed by atoms with Crippen molar-refractivity contribution < 1.29 is 4.79 Å². The van der Waals surface area contributed by atoms with Gasteiger partial charge in [0, 0.05) is 17.8 Å². The summed E-state index contributed by atoms with van der Waals surface area (Å²) >= 11 is 4.84. The molecule has 0 radical (unpaired) electrons. The van der Waals surface area contributed by atoms with Crippen LogP contribution in [-0.2, 0) is 4.79 Å². The monoisotopic (exact) mass is 266 g/mol. The van der Waals surface area contributed by atoms with E-state index in [4.69, 9.17) is 18.0 Å². The molecule has 0 aliphatic rings. The number of hydrogen-bond acceptors (Lipinski definition) is 4. The molecule has 0 aromatic carbocycles. The number of amides is 1. The van der Waals surface area contributed by atoms with Crippen LogP contribution in [-0.4, -0.2) is 28.0 Å². The summed E-state index contributed by atoms with van der Waals surface area (Å²) in [5, 5.41) is 5.83. The number of nitrogens with two attached hydrogens (primary N) is 1. The highest BCUT2D eigenvalue weighted by Crippen LogP contribution is 2.06. The Balaban J connectivity index is 2.61. The molecule has 5 nitrogen and oxygen atoms in total. The van der Waals surface area contributed by atoms with Crippen LogP contribution in [0.2, 0.25) is 0 Å². The van der Waals surface area contributed by atoms with Gasteiger partial charge in [-0.05, 0) is 32.9 Å². The normalized spacial score (nSPS) is 12.0. The number of carbonyl (C=O) groups excluding carboxylic acids is 1. The second-order valence-corrected chi connectivity index (χ2v) is 4.77. The SMILES string of the molecule is CC(C)NC(=O)C(C)Nc1ccc(C(N)=S)cn1. The summed E-state index contributed by atoms with van der Waals surface area (Å²) in [7, 11) is 0. The third-order valence-electron chi connectivity index (χ3n) is 2.24. The molecular formula is C12H18N4OS. The molecule has 98 valence electrons. The number of hydrogen-bond donors (Lipinski definition) is 3. The number of thiocarbonyl (C=S) groups is 1. The molecule has 1 rings (SSSR count).